The number of hydrogen-bond donors (Lipinski definition) is 2. The molecular weight excluding hydrogens is 274 g/mol. The van der Waals surface area contributed by atoms with Crippen molar-refractivity contribution in [2.75, 3.05) is 5.32 Å². The van der Waals surface area contributed by atoms with Crippen molar-refractivity contribution in [3.05, 3.63) is 59.4 Å². The van der Waals surface area contributed by atoms with Gasteiger partial charge < -0.3 is 10.3 Å². The number of fused-ring (bicyclic) bond motifs is 1. The number of rotatable bonds is 3. The normalized spacial score (nSPS) is 11.1. The Labute approximate surface area is 129 Å². The average molecular weight is 293 g/mol. The molecule has 0 radical (unpaired) electrons. The molecule has 0 unspecified atom stereocenters. The highest BCUT2D eigenvalue weighted by Gasteiger charge is 2.10. The quantitative estimate of drug-likeness (QED) is 0.758. The summed E-state index contributed by atoms with van der Waals surface area (Å²) in [5.74, 6) is 0.334. The Morgan fingerprint density at radius 3 is 2.64 bits per heavy atom. The minimum absolute atomic E-state index is 0.146. The highest BCUT2D eigenvalue weighted by atomic mass is 16.1. The standard InChI is InChI=1S/C18H19N3O/c1-11(2)13-4-6-15(7-5-13)21-18(22)14-8-16-12(3)9-19-17(16)20-10-14/h4-11H,1-3H3,(H,19,20)(H,21,22). The van der Waals surface area contributed by atoms with E-state index in [4.69, 9.17) is 0 Å². The van der Waals surface area contributed by atoms with Gasteiger partial charge in [0.25, 0.3) is 5.91 Å². The first kappa shape index (κ1) is 14.3. The van der Waals surface area contributed by atoms with Crippen molar-refractivity contribution < 1.29 is 4.79 Å². The van der Waals surface area contributed by atoms with Crippen LogP contribution in [0.4, 0.5) is 5.69 Å². The number of nitrogens with one attached hydrogen (secondary N) is 2. The number of pyridine rings is 1. The summed E-state index contributed by atoms with van der Waals surface area (Å²) in [6, 6.07) is 9.81. The fourth-order valence-electron chi connectivity index (χ4n) is 2.41. The van der Waals surface area contributed by atoms with E-state index >= 15 is 0 Å². The van der Waals surface area contributed by atoms with Crippen molar-refractivity contribution in [1.82, 2.24) is 9.97 Å². The molecule has 1 amide bonds. The molecule has 3 rings (SSSR count). The van der Waals surface area contributed by atoms with Gasteiger partial charge in [0.15, 0.2) is 0 Å². The van der Waals surface area contributed by atoms with Gasteiger partial charge in [-0.25, -0.2) is 4.98 Å². The monoisotopic (exact) mass is 293 g/mol. The molecule has 0 atom stereocenters. The third kappa shape index (κ3) is 2.72. The van der Waals surface area contributed by atoms with Gasteiger partial charge in [-0.15, -0.1) is 0 Å². The molecule has 3 aromatic rings. The predicted molar refractivity (Wildman–Crippen MR) is 89.3 cm³/mol. The number of aromatic nitrogens is 2. The Balaban J connectivity index is 1.81. The van der Waals surface area contributed by atoms with Crippen LogP contribution >= 0.6 is 0 Å². The summed E-state index contributed by atoms with van der Waals surface area (Å²) in [7, 11) is 0. The fourth-order valence-corrected chi connectivity index (χ4v) is 2.41. The van der Waals surface area contributed by atoms with Gasteiger partial charge in [0.1, 0.15) is 5.65 Å². The molecule has 2 N–H and O–H groups in total. The molecule has 2 heterocycles. The number of hydrogen-bond acceptors (Lipinski definition) is 2. The molecule has 4 heteroatoms. The number of benzene rings is 1. The van der Waals surface area contributed by atoms with E-state index in [0.29, 0.717) is 11.5 Å². The van der Waals surface area contributed by atoms with Crippen LogP contribution < -0.4 is 5.32 Å². The van der Waals surface area contributed by atoms with Gasteiger partial charge in [0.2, 0.25) is 0 Å². The number of aryl methyl sites for hydroxylation is 1. The second kappa shape index (κ2) is 5.64. The summed E-state index contributed by atoms with van der Waals surface area (Å²) in [5.41, 5.74) is 4.49. The van der Waals surface area contributed by atoms with Crippen molar-refractivity contribution in [3.63, 3.8) is 0 Å². The molecule has 22 heavy (non-hydrogen) atoms. The van der Waals surface area contributed by atoms with Gasteiger partial charge in [0, 0.05) is 23.5 Å². The lowest BCUT2D eigenvalue weighted by Gasteiger charge is -2.08. The van der Waals surface area contributed by atoms with Crippen molar-refractivity contribution in [3.8, 4) is 0 Å². The van der Waals surface area contributed by atoms with Crippen LogP contribution in [0.15, 0.2) is 42.7 Å². The maximum atomic E-state index is 12.3. The molecule has 0 aliphatic carbocycles. The molecule has 1 aromatic carbocycles. The number of anilines is 1. The van der Waals surface area contributed by atoms with E-state index in [0.717, 1.165) is 22.3 Å². The SMILES string of the molecule is Cc1c[nH]c2ncc(C(=O)Nc3ccc(C(C)C)cc3)cc12. The van der Waals surface area contributed by atoms with Crippen molar-refractivity contribution in [1.29, 1.82) is 0 Å². The largest absolute Gasteiger partial charge is 0.346 e. The number of aromatic amines is 1. The van der Waals surface area contributed by atoms with Gasteiger partial charge in [-0.1, -0.05) is 26.0 Å². The smallest absolute Gasteiger partial charge is 0.257 e. The van der Waals surface area contributed by atoms with Crippen LogP contribution in [-0.4, -0.2) is 15.9 Å². The fraction of sp³-hybridized carbons (Fsp3) is 0.222. The zero-order valence-corrected chi connectivity index (χ0v) is 13.0. The number of amides is 1. The summed E-state index contributed by atoms with van der Waals surface area (Å²) in [6.45, 7) is 6.29. The minimum Gasteiger partial charge on any atom is -0.346 e. The summed E-state index contributed by atoms with van der Waals surface area (Å²) in [5, 5.41) is 3.89. The third-order valence-electron chi connectivity index (χ3n) is 3.84. The molecule has 0 fully saturated rings. The molecule has 4 nitrogen and oxygen atoms in total. The van der Waals surface area contributed by atoms with Crippen molar-refractivity contribution in [2.45, 2.75) is 26.7 Å². The predicted octanol–water partition coefficient (Wildman–Crippen LogP) is 4.25. The lowest BCUT2D eigenvalue weighted by atomic mass is 10.0. The third-order valence-corrected chi connectivity index (χ3v) is 3.84. The maximum absolute atomic E-state index is 12.3. The molecule has 112 valence electrons. The van der Waals surface area contributed by atoms with E-state index in [1.807, 2.05) is 43.5 Å². The molecule has 0 aliphatic rings. The van der Waals surface area contributed by atoms with Crippen LogP contribution in [0, 0.1) is 6.92 Å². The summed E-state index contributed by atoms with van der Waals surface area (Å²) >= 11 is 0. The van der Waals surface area contributed by atoms with Gasteiger partial charge in [-0.05, 0) is 42.2 Å². The molecule has 0 spiro atoms. The van der Waals surface area contributed by atoms with Gasteiger partial charge in [-0.2, -0.15) is 0 Å². The summed E-state index contributed by atoms with van der Waals surface area (Å²) in [4.78, 5) is 19.7. The highest BCUT2D eigenvalue weighted by Crippen LogP contribution is 2.19. The highest BCUT2D eigenvalue weighted by molar-refractivity contribution is 6.05. The summed E-state index contributed by atoms with van der Waals surface area (Å²) < 4.78 is 0. The Morgan fingerprint density at radius 1 is 1.23 bits per heavy atom. The lowest BCUT2D eigenvalue weighted by molar-refractivity contribution is 0.102. The zero-order chi connectivity index (χ0) is 15.7. The molecule has 0 aliphatic heterocycles. The maximum Gasteiger partial charge on any atom is 0.257 e. The second-order valence-corrected chi connectivity index (χ2v) is 5.82. The van der Waals surface area contributed by atoms with E-state index in [-0.39, 0.29) is 5.91 Å². The molecule has 2 aromatic heterocycles. The van der Waals surface area contributed by atoms with Crippen molar-refractivity contribution >= 4 is 22.6 Å². The average Bonchev–Trinajstić information content (AvgIpc) is 2.88. The Hall–Kier alpha value is -2.62. The topological polar surface area (TPSA) is 57.8 Å². The first-order chi connectivity index (χ1) is 10.5. The van der Waals surface area contributed by atoms with E-state index in [9.17, 15) is 4.79 Å². The molecule has 0 bridgehead atoms. The molecule has 0 saturated heterocycles. The van der Waals surface area contributed by atoms with Crippen LogP contribution in [0.25, 0.3) is 11.0 Å². The molecular formula is C18H19N3O. The Kier molecular flexibility index (Phi) is 3.67. The number of carbonyl (C=O) groups excluding carboxylic acids is 1. The van der Waals surface area contributed by atoms with Crippen LogP contribution in [0.3, 0.4) is 0 Å². The first-order valence-electron chi connectivity index (χ1n) is 7.39. The van der Waals surface area contributed by atoms with Crippen LogP contribution in [0.5, 0.6) is 0 Å². The van der Waals surface area contributed by atoms with Crippen LogP contribution in [-0.2, 0) is 0 Å². The minimum atomic E-state index is -0.146. The van der Waals surface area contributed by atoms with Gasteiger partial charge in [0.05, 0.1) is 5.56 Å². The van der Waals surface area contributed by atoms with Gasteiger partial charge in [-0.3, -0.25) is 4.79 Å². The van der Waals surface area contributed by atoms with E-state index < -0.39 is 0 Å². The Morgan fingerprint density at radius 2 is 1.95 bits per heavy atom. The van der Waals surface area contributed by atoms with E-state index in [1.165, 1.54) is 5.56 Å². The second-order valence-electron chi connectivity index (χ2n) is 5.82. The number of nitrogens with zero attached hydrogens (tertiary/aromatic N) is 1. The number of carbonyl (C=O) groups is 1. The number of H-pyrrole nitrogens is 1. The van der Waals surface area contributed by atoms with Crippen molar-refractivity contribution in [2.24, 2.45) is 0 Å². The lowest BCUT2D eigenvalue weighted by Crippen LogP contribution is -2.12. The van der Waals surface area contributed by atoms with E-state index in [1.54, 1.807) is 6.20 Å². The van der Waals surface area contributed by atoms with Crippen LogP contribution in [0.1, 0.15) is 41.3 Å². The van der Waals surface area contributed by atoms with E-state index in [2.05, 4.69) is 29.1 Å². The van der Waals surface area contributed by atoms with Crippen LogP contribution in [0.2, 0.25) is 0 Å². The first-order valence-corrected chi connectivity index (χ1v) is 7.39. The molecule has 0 saturated carbocycles. The van der Waals surface area contributed by atoms with Gasteiger partial charge >= 0.3 is 0 Å². The summed E-state index contributed by atoms with van der Waals surface area (Å²) in [6.07, 6.45) is 3.49. The Bertz CT molecular complexity index is 816. The zero-order valence-electron chi connectivity index (χ0n) is 13.0.